The van der Waals surface area contributed by atoms with Crippen molar-refractivity contribution in [3.8, 4) is 0 Å². The third-order valence-corrected chi connectivity index (χ3v) is 3.60. The highest BCUT2D eigenvalue weighted by molar-refractivity contribution is 6.07. The van der Waals surface area contributed by atoms with Crippen LogP contribution in [0.4, 0.5) is 0 Å². The van der Waals surface area contributed by atoms with Crippen LogP contribution in [0.1, 0.15) is 15.9 Å². The highest BCUT2D eigenvalue weighted by Gasteiger charge is 2.68. The van der Waals surface area contributed by atoms with Crippen molar-refractivity contribution in [2.45, 2.75) is 11.7 Å². The van der Waals surface area contributed by atoms with E-state index >= 15 is 0 Å². The summed E-state index contributed by atoms with van der Waals surface area (Å²) in [6.45, 7) is 0. The monoisotopic (exact) mass is 282 g/mol. The molecule has 4 heteroatoms. The lowest BCUT2D eigenvalue weighted by atomic mass is 9.91. The molecule has 2 aromatic carbocycles. The lowest BCUT2D eigenvalue weighted by molar-refractivity contribution is -0.147. The van der Waals surface area contributed by atoms with Crippen molar-refractivity contribution in [1.82, 2.24) is 0 Å². The molecule has 1 saturated heterocycles. The number of hydrogen-bond acceptors (Lipinski definition) is 4. The van der Waals surface area contributed by atoms with Crippen LogP contribution in [0.25, 0.3) is 0 Å². The van der Waals surface area contributed by atoms with Crippen LogP contribution >= 0.6 is 0 Å². The first-order valence-electron chi connectivity index (χ1n) is 6.61. The molecule has 0 amide bonds. The third kappa shape index (κ3) is 2.14. The summed E-state index contributed by atoms with van der Waals surface area (Å²) in [5.74, 6) is -0.771. The van der Waals surface area contributed by atoms with Crippen molar-refractivity contribution in [2.24, 2.45) is 0 Å². The van der Waals surface area contributed by atoms with Crippen LogP contribution in [0.2, 0.25) is 0 Å². The number of hydrogen-bond donors (Lipinski definition) is 0. The van der Waals surface area contributed by atoms with Gasteiger partial charge in [-0.1, -0.05) is 60.7 Å². The largest absolute Gasteiger partial charge is 0.467 e. The number of epoxide rings is 1. The van der Waals surface area contributed by atoms with Gasteiger partial charge in [0.25, 0.3) is 0 Å². The number of esters is 1. The maximum atomic E-state index is 12.5. The van der Waals surface area contributed by atoms with Gasteiger partial charge in [-0.15, -0.1) is 0 Å². The van der Waals surface area contributed by atoms with Gasteiger partial charge in [-0.2, -0.15) is 0 Å². The molecule has 3 rings (SSSR count). The van der Waals surface area contributed by atoms with Crippen LogP contribution in [0.3, 0.4) is 0 Å². The summed E-state index contributed by atoms with van der Waals surface area (Å²) in [6, 6.07) is 17.7. The quantitative estimate of drug-likeness (QED) is 0.490. The summed E-state index contributed by atoms with van der Waals surface area (Å²) < 4.78 is 10.4. The summed E-state index contributed by atoms with van der Waals surface area (Å²) in [4.78, 5) is 24.6. The first kappa shape index (κ1) is 13.5. The second kappa shape index (κ2) is 5.14. The molecule has 2 atom stereocenters. The van der Waals surface area contributed by atoms with E-state index in [1.165, 1.54) is 7.11 Å². The molecular formula is C17H14O4. The molecule has 21 heavy (non-hydrogen) atoms. The average molecular weight is 282 g/mol. The van der Waals surface area contributed by atoms with Gasteiger partial charge in [-0.3, -0.25) is 4.79 Å². The summed E-state index contributed by atoms with van der Waals surface area (Å²) in [7, 11) is 1.29. The lowest BCUT2D eigenvalue weighted by Crippen LogP contribution is -2.29. The Morgan fingerprint density at radius 3 is 2.14 bits per heavy atom. The van der Waals surface area contributed by atoms with Crippen LogP contribution in [0.15, 0.2) is 60.7 Å². The molecule has 0 unspecified atom stereocenters. The first-order valence-corrected chi connectivity index (χ1v) is 6.61. The summed E-state index contributed by atoms with van der Waals surface area (Å²) >= 11 is 0. The van der Waals surface area contributed by atoms with Crippen molar-refractivity contribution < 1.29 is 19.1 Å². The Bertz CT molecular complexity index is 666. The molecule has 1 heterocycles. The van der Waals surface area contributed by atoms with Gasteiger partial charge in [0.15, 0.2) is 11.9 Å². The summed E-state index contributed by atoms with van der Waals surface area (Å²) in [5, 5.41) is 0. The lowest BCUT2D eigenvalue weighted by Gasteiger charge is -2.10. The Morgan fingerprint density at radius 2 is 1.57 bits per heavy atom. The molecule has 0 bridgehead atoms. The Hall–Kier alpha value is -2.46. The number of benzene rings is 2. The summed E-state index contributed by atoms with van der Waals surface area (Å²) in [5.41, 5.74) is -0.168. The molecule has 0 spiro atoms. The zero-order valence-corrected chi connectivity index (χ0v) is 11.5. The number of carbonyl (C=O) groups is 2. The molecular weight excluding hydrogens is 268 g/mol. The van der Waals surface area contributed by atoms with Crippen LogP contribution in [0.5, 0.6) is 0 Å². The number of ketones is 1. The van der Waals surface area contributed by atoms with Gasteiger partial charge in [-0.05, 0) is 5.56 Å². The number of carbonyl (C=O) groups excluding carboxylic acids is 2. The molecule has 2 aromatic rings. The molecule has 0 saturated carbocycles. The number of rotatable bonds is 4. The molecule has 0 aliphatic carbocycles. The van der Waals surface area contributed by atoms with Crippen molar-refractivity contribution in [3.63, 3.8) is 0 Å². The van der Waals surface area contributed by atoms with Crippen molar-refractivity contribution >= 4 is 11.8 Å². The molecule has 1 aliphatic heterocycles. The predicted molar refractivity (Wildman–Crippen MR) is 75.8 cm³/mol. The van der Waals surface area contributed by atoms with Crippen LogP contribution in [0, 0.1) is 0 Å². The molecule has 1 aliphatic rings. The fourth-order valence-electron chi connectivity index (χ4n) is 2.47. The zero-order chi connectivity index (χ0) is 14.9. The van der Waals surface area contributed by atoms with Crippen molar-refractivity contribution in [3.05, 3.63) is 71.8 Å². The predicted octanol–water partition coefficient (Wildman–Crippen LogP) is 2.34. The van der Waals surface area contributed by atoms with Gasteiger partial charge >= 0.3 is 5.97 Å². The number of Topliss-reactive ketones (excluding diaryl/α,β-unsaturated/α-hetero) is 1. The molecule has 0 radical (unpaired) electrons. The normalized spacial score (nSPS) is 23.4. The van der Waals surface area contributed by atoms with Gasteiger partial charge in [0.2, 0.25) is 5.60 Å². The van der Waals surface area contributed by atoms with Crippen molar-refractivity contribution in [2.75, 3.05) is 7.11 Å². The Labute approximate surface area is 122 Å². The molecule has 4 nitrogen and oxygen atoms in total. The summed E-state index contributed by atoms with van der Waals surface area (Å²) in [6.07, 6.45) is -0.838. The van der Waals surface area contributed by atoms with Crippen LogP contribution < -0.4 is 0 Å². The molecule has 0 aromatic heterocycles. The van der Waals surface area contributed by atoms with E-state index in [1.807, 2.05) is 12.1 Å². The van der Waals surface area contributed by atoms with E-state index in [0.717, 1.165) is 0 Å². The molecule has 106 valence electrons. The van der Waals surface area contributed by atoms with Gasteiger partial charge in [-0.25, -0.2) is 4.79 Å². The first-order chi connectivity index (χ1) is 10.2. The van der Waals surface area contributed by atoms with E-state index in [0.29, 0.717) is 11.1 Å². The zero-order valence-electron chi connectivity index (χ0n) is 11.5. The fourth-order valence-corrected chi connectivity index (χ4v) is 2.47. The topological polar surface area (TPSA) is 55.9 Å². The maximum absolute atomic E-state index is 12.5. The minimum absolute atomic E-state index is 0.218. The Kier molecular flexibility index (Phi) is 3.31. The number of methoxy groups -OCH3 is 1. The second-order valence-electron chi connectivity index (χ2n) is 4.82. The van der Waals surface area contributed by atoms with E-state index in [9.17, 15) is 9.59 Å². The standard InChI is InChI=1S/C17H14O4/c1-20-16(19)17(13-10-6-3-7-11-13)15(21-17)14(18)12-8-4-2-5-9-12/h2-11,15H,1H3/t15-,17+/m1/s1. The minimum atomic E-state index is -1.32. The third-order valence-electron chi connectivity index (χ3n) is 3.60. The van der Waals surface area contributed by atoms with E-state index in [1.54, 1.807) is 48.5 Å². The highest BCUT2D eigenvalue weighted by atomic mass is 16.7. The molecule has 0 N–H and O–H groups in total. The van der Waals surface area contributed by atoms with Gasteiger partial charge in [0.1, 0.15) is 0 Å². The van der Waals surface area contributed by atoms with E-state index in [4.69, 9.17) is 9.47 Å². The smallest absolute Gasteiger partial charge is 0.346 e. The van der Waals surface area contributed by atoms with Gasteiger partial charge in [0, 0.05) is 5.56 Å². The molecule has 1 fully saturated rings. The van der Waals surface area contributed by atoms with E-state index < -0.39 is 17.7 Å². The highest BCUT2D eigenvalue weighted by Crippen LogP contribution is 2.48. The van der Waals surface area contributed by atoms with E-state index in [2.05, 4.69) is 0 Å². The Morgan fingerprint density at radius 1 is 1.00 bits per heavy atom. The number of ether oxygens (including phenoxy) is 2. The average Bonchev–Trinajstić information content (AvgIpc) is 3.32. The van der Waals surface area contributed by atoms with E-state index in [-0.39, 0.29) is 5.78 Å². The van der Waals surface area contributed by atoms with Gasteiger partial charge < -0.3 is 9.47 Å². The maximum Gasteiger partial charge on any atom is 0.346 e. The van der Waals surface area contributed by atoms with Gasteiger partial charge in [0.05, 0.1) is 7.11 Å². The van der Waals surface area contributed by atoms with Crippen LogP contribution in [-0.2, 0) is 19.9 Å². The fraction of sp³-hybridized carbons (Fsp3) is 0.176. The SMILES string of the molecule is COC(=O)[C@@]1(c2ccccc2)O[C@@H]1C(=O)c1ccccc1. The van der Waals surface area contributed by atoms with Crippen LogP contribution in [-0.4, -0.2) is 25.0 Å². The minimum Gasteiger partial charge on any atom is -0.467 e. The second-order valence-corrected chi connectivity index (χ2v) is 4.82. The van der Waals surface area contributed by atoms with Crippen molar-refractivity contribution in [1.29, 1.82) is 0 Å². The Balaban J connectivity index is 1.96.